The van der Waals surface area contributed by atoms with Crippen molar-refractivity contribution in [3.8, 4) is 0 Å². The van der Waals surface area contributed by atoms with E-state index < -0.39 is 5.54 Å². The van der Waals surface area contributed by atoms with Crippen LogP contribution < -0.4 is 11.1 Å². The van der Waals surface area contributed by atoms with Gasteiger partial charge >= 0.3 is 0 Å². The van der Waals surface area contributed by atoms with Crippen molar-refractivity contribution in [1.82, 2.24) is 10.2 Å². The quantitative estimate of drug-likeness (QED) is 0.781. The van der Waals surface area contributed by atoms with Crippen LogP contribution in [0.25, 0.3) is 0 Å². The van der Waals surface area contributed by atoms with E-state index in [-0.39, 0.29) is 41.8 Å². The lowest BCUT2D eigenvalue weighted by Crippen LogP contribution is -2.76. The molecule has 0 radical (unpaired) electrons. The molecule has 1 saturated carbocycles. The van der Waals surface area contributed by atoms with Crippen molar-refractivity contribution in [2.24, 2.45) is 11.1 Å². The Bertz CT molecular complexity index is 689. The number of ether oxygens (including phenoxy) is 1. The molecule has 2 fully saturated rings. The molecular formula is C21H32ClN3O3. The van der Waals surface area contributed by atoms with E-state index in [0.29, 0.717) is 31.7 Å². The Hall–Kier alpha value is -1.63. The normalized spacial score (nSPS) is 26.7. The van der Waals surface area contributed by atoms with Crippen molar-refractivity contribution in [3.05, 3.63) is 35.9 Å². The average molecular weight is 410 g/mol. The summed E-state index contributed by atoms with van der Waals surface area (Å²) in [5.74, 6) is -0.0494. The van der Waals surface area contributed by atoms with Crippen LogP contribution in [0.5, 0.6) is 0 Å². The van der Waals surface area contributed by atoms with E-state index in [1.807, 2.05) is 43.9 Å². The van der Waals surface area contributed by atoms with Gasteiger partial charge in [-0.05, 0) is 31.9 Å². The number of likely N-dealkylation sites (tertiary alicyclic amines) is 1. The van der Waals surface area contributed by atoms with E-state index in [0.717, 1.165) is 12.8 Å². The van der Waals surface area contributed by atoms with Gasteiger partial charge < -0.3 is 20.7 Å². The van der Waals surface area contributed by atoms with Crippen LogP contribution in [-0.4, -0.2) is 54.1 Å². The third-order valence-corrected chi connectivity index (χ3v) is 6.36. The van der Waals surface area contributed by atoms with Crippen LogP contribution in [0.3, 0.4) is 0 Å². The minimum absolute atomic E-state index is 0. The maximum absolute atomic E-state index is 13.1. The summed E-state index contributed by atoms with van der Waals surface area (Å²) >= 11 is 0. The van der Waals surface area contributed by atoms with Gasteiger partial charge in [-0.25, -0.2) is 0 Å². The predicted molar refractivity (Wildman–Crippen MR) is 111 cm³/mol. The number of carbonyl (C=O) groups excluding carboxylic acids is 2. The molecule has 3 N–H and O–H groups in total. The third-order valence-electron chi connectivity index (χ3n) is 6.36. The Labute approximate surface area is 173 Å². The highest BCUT2D eigenvalue weighted by Gasteiger charge is 2.63. The number of nitrogens with two attached hydrogens (primary N) is 1. The van der Waals surface area contributed by atoms with E-state index in [9.17, 15) is 9.59 Å². The molecule has 2 aliphatic rings. The van der Waals surface area contributed by atoms with E-state index >= 15 is 0 Å². The van der Waals surface area contributed by atoms with Crippen LogP contribution in [-0.2, 0) is 9.53 Å². The number of nitrogens with zero attached hydrogens (tertiary/aromatic N) is 1. The zero-order valence-electron chi connectivity index (χ0n) is 16.9. The van der Waals surface area contributed by atoms with Gasteiger partial charge in [-0.1, -0.05) is 32.0 Å². The summed E-state index contributed by atoms with van der Waals surface area (Å²) in [5.41, 5.74) is 5.94. The molecule has 156 valence electrons. The van der Waals surface area contributed by atoms with Crippen LogP contribution in [0.2, 0.25) is 0 Å². The second kappa shape index (κ2) is 8.80. The fraction of sp³-hybridized carbons (Fsp3) is 0.619. The molecule has 0 aromatic heterocycles. The summed E-state index contributed by atoms with van der Waals surface area (Å²) in [6, 6.07) is 9.29. The first kappa shape index (κ1) is 22.7. The monoisotopic (exact) mass is 409 g/mol. The molecule has 28 heavy (non-hydrogen) atoms. The smallest absolute Gasteiger partial charge is 0.251 e. The van der Waals surface area contributed by atoms with Gasteiger partial charge in [0.05, 0.1) is 6.10 Å². The third kappa shape index (κ3) is 4.04. The number of piperidine rings is 1. The fourth-order valence-electron chi connectivity index (χ4n) is 4.17. The highest BCUT2D eigenvalue weighted by molar-refractivity contribution is 5.94. The van der Waals surface area contributed by atoms with Gasteiger partial charge in [-0.2, -0.15) is 0 Å². The first-order valence-corrected chi connectivity index (χ1v) is 9.85. The lowest BCUT2D eigenvalue weighted by molar-refractivity contribution is -0.180. The van der Waals surface area contributed by atoms with Crippen molar-refractivity contribution in [1.29, 1.82) is 0 Å². The number of amides is 2. The van der Waals surface area contributed by atoms with Crippen LogP contribution in [0.1, 0.15) is 50.4 Å². The largest absolute Gasteiger partial charge is 0.378 e. The highest BCUT2D eigenvalue weighted by atomic mass is 35.5. The van der Waals surface area contributed by atoms with Crippen molar-refractivity contribution < 1.29 is 14.3 Å². The molecule has 1 aromatic carbocycles. The molecule has 2 amide bonds. The number of hydrogen-bond acceptors (Lipinski definition) is 4. The summed E-state index contributed by atoms with van der Waals surface area (Å²) in [7, 11) is 0. The molecule has 1 saturated heterocycles. The molecule has 1 aromatic rings. The van der Waals surface area contributed by atoms with E-state index in [1.165, 1.54) is 0 Å². The topological polar surface area (TPSA) is 84.7 Å². The standard InChI is InChI=1S/C21H31N3O3.ClH/c1-4-27-17-14-21(22,20(17,2)3)19(26)24-12-10-16(11-13-24)23-18(25)15-8-6-5-7-9-15;/h5-9,16-17H,4,10-14,22H2,1-3H3,(H,23,25);1H. The second-order valence-corrected chi connectivity index (χ2v) is 8.25. The first-order chi connectivity index (χ1) is 12.8. The predicted octanol–water partition coefficient (Wildman–Crippen LogP) is 2.36. The summed E-state index contributed by atoms with van der Waals surface area (Å²) in [5, 5.41) is 3.07. The number of carbonyl (C=O) groups is 2. The van der Waals surface area contributed by atoms with Crippen LogP contribution in [0, 0.1) is 5.41 Å². The minimum Gasteiger partial charge on any atom is -0.378 e. The molecule has 0 bridgehead atoms. The van der Waals surface area contributed by atoms with Gasteiger partial charge in [0.2, 0.25) is 5.91 Å². The van der Waals surface area contributed by atoms with Crippen LogP contribution in [0.4, 0.5) is 0 Å². The van der Waals surface area contributed by atoms with E-state index in [4.69, 9.17) is 10.5 Å². The Balaban J connectivity index is 0.00000280. The summed E-state index contributed by atoms with van der Waals surface area (Å²) < 4.78 is 5.73. The molecule has 2 unspecified atom stereocenters. The van der Waals surface area contributed by atoms with Gasteiger partial charge in [0, 0.05) is 43.1 Å². The van der Waals surface area contributed by atoms with Gasteiger partial charge in [-0.15, -0.1) is 12.4 Å². The van der Waals surface area contributed by atoms with E-state index in [1.54, 1.807) is 12.1 Å². The number of halogens is 1. The maximum Gasteiger partial charge on any atom is 0.251 e. The minimum atomic E-state index is -0.868. The van der Waals surface area contributed by atoms with Gasteiger partial charge in [-0.3, -0.25) is 9.59 Å². The molecule has 1 aliphatic heterocycles. The van der Waals surface area contributed by atoms with Crippen molar-refractivity contribution in [2.75, 3.05) is 19.7 Å². The highest BCUT2D eigenvalue weighted by Crippen LogP contribution is 2.50. The SMILES string of the molecule is CCOC1CC(N)(C(=O)N2CCC(NC(=O)c3ccccc3)CC2)C1(C)C.Cl. The van der Waals surface area contributed by atoms with Gasteiger partial charge in [0.15, 0.2) is 0 Å². The molecule has 1 heterocycles. The summed E-state index contributed by atoms with van der Waals surface area (Å²) in [4.78, 5) is 27.2. The van der Waals surface area contributed by atoms with E-state index in [2.05, 4.69) is 5.32 Å². The molecule has 2 atom stereocenters. The summed E-state index contributed by atoms with van der Waals surface area (Å²) in [6.07, 6.45) is 2.09. The first-order valence-electron chi connectivity index (χ1n) is 9.85. The molecule has 0 spiro atoms. The van der Waals surface area contributed by atoms with Crippen LogP contribution >= 0.6 is 12.4 Å². The van der Waals surface area contributed by atoms with Gasteiger partial charge in [0.25, 0.3) is 5.91 Å². The zero-order chi connectivity index (χ0) is 19.7. The zero-order valence-corrected chi connectivity index (χ0v) is 17.8. The Kier molecular flexibility index (Phi) is 7.12. The number of hydrogen-bond donors (Lipinski definition) is 2. The Morgan fingerprint density at radius 3 is 2.36 bits per heavy atom. The average Bonchev–Trinajstić information content (AvgIpc) is 2.68. The molecule has 3 rings (SSSR count). The Morgan fingerprint density at radius 1 is 1.21 bits per heavy atom. The molecule has 1 aliphatic carbocycles. The lowest BCUT2D eigenvalue weighted by atomic mass is 9.54. The molecular weight excluding hydrogens is 378 g/mol. The number of nitrogens with one attached hydrogen (secondary N) is 1. The number of rotatable bonds is 5. The second-order valence-electron chi connectivity index (χ2n) is 8.25. The number of benzene rings is 1. The maximum atomic E-state index is 13.1. The van der Waals surface area contributed by atoms with Gasteiger partial charge in [0.1, 0.15) is 5.54 Å². The van der Waals surface area contributed by atoms with Crippen LogP contribution in [0.15, 0.2) is 30.3 Å². The Morgan fingerprint density at radius 2 is 1.82 bits per heavy atom. The van der Waals surface area contributed by atoms with Crippen molar-refractivity contribution >= 4 is 24.2 Å². The molecule has 6 nitrogen and oxygen atoms in total. The lowest BCUT2D eigenvalue weighted by Gasteiger charge is -2.59. The molecule has 7 heteroatoms. The fourth-order valence-corrected chi connectivity index (χ4v) is 4.17. The summed E-state index contributed by atoms with van der Waals surface area (Å²) in [6.45, 7) is 7.86. The van der Waals surface area contributed by atoms with Crippen molar-refractivity contribution in [3.63, 3.8) is 0 Å². The van der Waals surface area contributed by atoms with Crippen molar-refractivity contribution in [2.45, 2.75) is 57.7 Å².